The van der Waals surface area contributed by atoms with Crippen molar-refractivity contribution in [1.82, 2.24) is 19.4 Å². The highest BCUT2D eigenvalue weighted by atomic mass is 32.2. The lowest BCUT2D eigenvalue weighted by atomic mass is 10.0. The minimum Gasteiger partial charge on any atom is -0.491 e. The first-order valence-electron chi connectivity index (χ1n) is 17.1. The molecule has 0 unspecified atom stereocenters. The Morgan fingerprint density at radius 1 is 1.06 bits per heavy atom. The summed E-state index contributed by atoms with van der Waals surface area (Å²) in [7, 11) is 5.22. The van der Waals surface area contributed by atoms with Crippen molar-refractivity contribution in [3.05, 3.63) is 75.6 Å². The molecule has 0 saturated carbocycles. The number of halogens is 1. The lowest BCUT2D eigenvalue weighted by Gasteiger charge is -2.27. The third kappa shape index (κ3) is 7.08. The Morgan fingerprint density at radius 3 is 2.84 bits per heavy atom. The molecule has 7 rings (SSSR count). The molecule has 3 aliphatic rings. The summed E-state index contributed by atoms with van der Waals surface area (Å²) in [6.07, 6.45) is 10.0. The molecule has 258 valence electrons. The number of esters is 1. The Bertz CT molecular complexity index is 1930. The fourth-order valence-electron chi connectivity index (χ4n) is 7.11. The molecule has 4 aromatic rings. The van der Waals surface area contributed by atoms with Crippen molar-refractivity contribution in [1.29, 1.82) is 0 Å². The first-order chi connectivity index (χ1) is 23.9. The van der Waals surface area contributed by atoms with Gasteiger partial charge in [0.25, 0.3) is 0 Å². The average molecular weight is 703 g/mol. The number of nitrogens with zero attached hydrogens (tertiary/aromatic N) is 5. The molecule has 5 heterocycles. The van der Waals surface area contributed by atoms with Gasteiger partial charge in [0.05, 0.1) is 30.6 Å². The van der Waals surface area contributed by atoms with Crippen LogP contribution in [-0.2, 0) is 43.2 Å². The maximum atomic E-state index is 15.7. The third-order valence-electron chi connectivity index (χ3n) is 9.51. The molecule has 3 aliphatic heterocycles. The van der Waals surface area contributed by atoms with E-state index >= 15 is 4.39 Å². The molecule has 0 radical (unpaired) electrons. The molecule has 0 amide bonds. The number of hydrogen-bond acceptors (Lipinski definition) is 9. The summed E-state index contributed by atoms with van der Waals surface area (Å²) in [4.78, 5) is 14.4. The monoisotopic (exact) mass is 702 g/mol. The first kappa shape index (κ1) is 33.6. The Balaban J connectivity index is 1.27. The highest BCUT2D eigenvalue weighted by Gasteiger charge is 2.25. The Morgan fingerprint density at radius 2 is 1.96 bits per heavy atom. The number of piperidine rings is 1. The largest absolute Gasteiger partial charge is 0.491 e. The minimum absolute atomic E-state index is 0.330. The number of methoxy groups -OCH3 is 1. The van der Waals surface area contributed by atoms with E-state index in [0.717, 1.165) is 96.2 Å². The second-order valence-corrected chi connectivity index (χ2v) is 14.8. The molecule has 1 fully saturated rings. The van der Waals surface area contributed by atoms with Gasteiger partial charge in [0.2, 0.25) is 0 Å². The van der Waals surface area contributed by atoms with Crippen LogP contribution in [0.2, 0.25) is 0 Å². The number of ether oxygens (including phenoxy) is 2. The molecule has 0 aliphatic carbocycles. The van der Waals surface area contributed by atoms with Crippen LogP contribution in [0.15, 0.2) is 46.0 Å². The zero-order chi connectivity index (χ0) is 33.9. The quantitative estimate of drug-likeness (QED) is 0.204. The van der Waals surface area contributed by atoms with Gasteiger partial charge in [-0.1, -0.05) is 0 Å². The van der Waals surface area contributed by atoms with Crippen molar-refractivity contribution in [3.8, 4) is 5.75 Å². The number of anilines is 1. The van der Waals surface area contributed by atoms with Crippen molar-refractivity contribution < 1.29 is 18.7 Å². The molecular weight excluding hydrogens is 660 g/mol. The van der Waals surface area contributed by atoms with Gasteiger partial charge >= 0.3 is 5.97 Å². The van der Waals surface area contributed by atoms with E-state index in [1.165, 1.54) is 29.3 Å². The van der Waals surface area contributed by atoms with Gasteiger partial charge in [-0.25, -0.2) is 9.18 Å². The van der Waals surface area contributed by atoms with Crippen LogP contribution in [0, 0.1) is 5.82 Å². The Kier molecular flexibility index (Phi) is 10.2. The number of hydrogen-bond donors (Lipinski definition) is 1. The number of benzene rings is 2. The number of nitrogens with one attached hydrogen (secondary N) is 1. The summed E-state index contributed by atoms with van der Waals surface area (Å²) in [5.74, 6) is 2.44. The maximum Gasteiger partial charge on any atom is 0.354 e. The van der Waals surface area contributed by atoms with E-state index in [-0.39, 0.29) is 5.82 Å². The number of fused-ring (bicyclic) bond motifs is 7. The van der Waals surface area contributed by atoms with E-state index in [4.69, 9.17) is 19.7 Å². The number of rotatable bonds is 1. The van der Waals surface area contributed by atoms with E-state index in [9.17, 15) is 4.79 Å². The molecule has 12 heteroatoms. The molecule has 49 heavy (non-hydrogen) atoms. The summed E-state index contributed by atoms with van der Waals surface area (Å²) in [5, 5.41) is 16.0. The predicted octanol–water partition coefficient (Wildman–Crippen LogP) is 7.56. The van der Waals surface area contributed by atoms with Crippen LogP contribution >= 0.6 is 23.5 Å². The maximum absolute atomic E-state index is 15.7. The highest BCUT2D eigenvalue weighted by Crippen LogP contribution is 2.39. The van der Waals surface area contributed by atoms with Gasteiger partial charge in [-0.3, -0.25) is 9.69 Å². The summed E-state index contributed by atoms with van der Waals surface area (Å²) in [6.45, 7) is 2.16. The van der Waals surface area contributed by atoms with Crippen molar-refractivity contribution in [2.24, 2.45) is 19.2 Å². The summed E-state index contributed by atoms with van der Waals surface area (Å²) >= 11 is 3.57. The van der Waals surface area contributed by atoms with Crippen molar-refractivity contribution in [2.75, 3.05) is 37.9 Å². The van der Waals surface area contributed by atoms with E-state index in [0.29, 0.717) is 36.2 Å². The van der Waals surface area contributed by atoms with E-state index in [2.05, 4.69) is 23.5 Å². The fraction of sp³-hybridized carbons (Fsp3) is 0.432. The van der Waals surface area contributed by atoms with Gasteiger partial charge in [0.1, 0.15) is 17.3 Å². The van der Waals surface area contributed by atoms with Crippen LogP contribution in [0.4, 0.5) is 10.1 Å². The molecule has 1 N–H and O–H groups in total. The van der Waals surface area contributed by atoms with Crippen LogP contribution in [-0.4, -0.2) is 64.1 Å². The smallest absolute Gasteiger partial charge is 0.354 e. The van der Waals surface area contributed by atoms with Crippen LogP contribution in [0.1, 0.15) is 70.7 Å². The number of hydrazone groups is 1. The number of aryl methyl sites for hydroxylation is 4. The highest BCUT2D eigenvalue weighted by molar-refractivity contribution is 7.99. The number of allylic oxidation sites excluding steroid dienone is 1. The van der Waals surface area contributed by atoms with Gasteiger partial charge in [0.15, 0.2) is 0 Å². The molecule has 9 nitrogen and oxygen atoms in total. The average Bonchev–Trinajstić information content (AvgIpc) is 3.61. The molecular formula is C37H43FN6O3S2. The first-order valence-corrected chi connectivity index (χ1v) is 19.2. The van der Waals surface area contributed by atoms with E-state index in [1.807, 2.05) is 36.1 Å². The molecule has 2 aromatic heterocycles. The minimum atomic E-state index is -0.434. The molecule has 1 saturated heterocycles. The summed E-state index contributed by atoms with van der Waals surface area (Å²) in [5.41, 5.74) is 7.99. The second kappa shape index (κ2) is 14.9. The topological polar surface area (TPSA) is 85.9 Å². The van der Waals surface area contributed by atoms with Gasteiger partial charge < -0.3 is 19.4 Å². The lowest BCUT2D eigenvalue weighted by Crippen LogP contribution is -2.23. The lowest BCUT2D eigenvalue weighted by molar-refractivity contribution is 0.0589. The number of thioether (sulfide) groups is 2. The number of carbonyl (C=O) groups excluding carboxylic acids is 1. The third-order valence-corrected chi connectivity index (χ3v) is 11.4. The van der Waals surface area contributed by atoms with Crippen molar-refractivity contribution in [3.63, 3.8) is 0 Å². The molecule has 8 bridgehead atoms. The normalized spacial score (nSPS) is 19.1. The standard InChI is InChI=1S/C37H43FN6O3S2/c1-42-35-30-11-12-32(38)31(35)20-26-9-4-5-15-44(26)40-14-17-48-22-25-19-27(43(2)41-25)23-49-28-18-24-8-6-13-39-34(24)33(21-28)47-16-7-10-29(30)36(42)37(45)46-3/h11-12,14,18-21,39H,4-10,13,15-17,22-23H2,1-3H3/b26-20+,40-14+. The van der Waals surface area contributed by atoms with E-state index < -0.39 is 5.97 Å². The number of carbonyl (C=O) groups is 1. The summed E-state index contributed by atoms with van der Waals surface area (Å²) in [6, 6.07) is 9.93. The van der Waals surface area contributed by atoms with Crippen LogP contribution < -0.4 is 10.1 Å². The fourth-order valence-corrected chi connectivity index (χ4v) is 8.75. The Labute approximate surface area is 295 Å². The zero-order valence-electron chi connectivity index (χ0n) is 28.4. The molecule has 2 aromatic carbocycles. The summed E-state index contributed by atoms with van der Waals surface area (Å²) < 4.78 is 31.3. The SMILES string of the molecule is COC(=O)c1c2c3ccc(F)c(c3n1C)/C=C1\CCCCN1/N=C/CSCc1cc(n(C)n1)CSc1cc3c(c(c1)OCCC2)NCCC3. The number of aromatic nitrogens is 3. The van der Waals surface area contributed by atoms with Gasteiger partial charge in [0, 0.05) is 77.9 Å². The predicted molar refractivity (Wildman–Crippen MR) is 197 cm³/mol. The zero-order valence-corrected chi connectivity index (χ0v) is 30.0. The van der Waals surface area contributed by atoms with Crippen molar-refractivity contribution >= 4 is 58.4 Å². The van der Waals surface area contributed by atoms with Crippen LogP contribution in [0.3, 0.4) is 0 Å². The van der Waals surface area contributed by atoms with Crippen LogP contribution in [0.25, 0.3) is 17.0 Å². The van der Waals surface area contributed by atoms with Gasteiger partial charge in [-0.05, 0) is 92.5 Å². The molecule has 0 spiro atoms. The van der Waals surface area contributed by atoms with Crippen molar-refractivity contribution in [2.45, 2.75) is 61.3 Å². The van der Waals surface area contributed by atoms with E-state index in [1.54, 1.807) is 34.2 Å². The second-order valence-electron chi connectivity index (χ2n) is 12.7. The Hall–Kier alpha value is -3.90. The van der Waals surface area contributed by atoms with Gasteiger partial charge in [-0.15, -0.1) is 23.5 Å². The van der Waals surface area contributed by atoms with Gasteiger partial charge in [-0.2, -0.15) is 10.2 Å². The van der Waals surface area contributed by atoms with Crippen LogP contribution in [0.5, 0.6) is 5.75 Å². The molecule has 0 atom stereocenters.